The van der Waals surface area contributed by atoms with E-state index in [0.717, 1.165) is 63.9 Å². The number of thiophene rings is 1. The van der Waals surface area contributed by atoms with E-state index in [0.29, 0.717) is 33.0 Å². The number of hydrogen-bond donors (Lipinski definition) is 0. The predicted octanol–water partition coefficient (Wildman–Crippen LogP) is 12.0. The highest BCUT2D eigenvalue weighted by atomic mass is 32.1. The van der Waals surface area contributed by atoms with Crippen molar-refractivity contribution in [3.8, 4) is 10.4 Å². The van der Waals surface area contributed by atoms with Crippen molar-refractivity contribution < 1.29 is 28.1 Å². The number of rotatable bonds is 17. The summed E-state index contributed by atoms with van der Waals surface area (Å²) in [5.41, 5.74) is 10.5. The molecule has 0 N–H and O–H groups in total. The summed E-state index contributed by atoms with van der Waals surface area (Å²) in [6.45, 7) is 1.91. The van der Waals surface area contributed by atoms with Gasteiger partial charge in [0.05, 0.1) is 33.0 Å². The lowest BCUT2D eigenvalue weighted by Crippen LogP contribution is -2.58. The maximum absolute atomic E-state index is 13.8. The molecule has 0 bridgehead atoms. The first kappa shape index (κ1) is 41.1. The SMILES string of the molecule is Fc1ccc(-c2ccc(Cc3cc(C4O[C@H](COCc5ccccc5)[C@@H](OCc5ccccc5)[C@H](OCc5ccccc5)[C@H]4OCc4ccccc4)cc4c3CCC4)s2)cc1. The van der Waals surface area contributed by atoms with Gasteiger partial charge in [0.25, 0.3) is 0 Å². The monoisotopic (exact) mass is 830 g/mol. The molecule has 2 aliphatic rings. The van der Waals surface area contributed by atoms with Crippen molar-refractivity contribution in [1.82, 2.24) is 0 Å². The Bertz CT molecular complexity index is 2420. The molecule has 7 aromatic rings. The number of fused-ring (bicyclic) bond motifs is 1. The van der Waals surface area contributed by atoms with E-state index < -0.39 is 30.5 Å². The number of benzene rings is 6. The topological polar surface area (TPSA) is 46.2 Å². The fourth-order valence-corrected chi connectivity index (χ4v) is 9.67. The molecule has 7 heteroatoms. The molecule has 0 amide bonds. The molecule has 9 rings (SSSR count). The van der Waals surface area contributed by atoms with Gasteiger partial charge in [0, 0.05) is 16.2 Å². The van der Waals surface area contributed by atoms with Gasteiger partial charge in [-0.1, -0.05) is 146 Å². The van der Waals surface area contributed by atoms with E-state index in [9.17, 15) is 4.39 Å². The summed E-state index contributed by atoms with van der Waals surface area (Å²) < 4.78 is 48.7. The molecule has 1 saturated heterocycles. The molecule has 0 spiro atoms. The van der Waals surface area contributed by atoms with Crippen LogP contribution in [0.1, 0.15) is 61.9 Å². The Kier molecular flexibility index (Phi) is 13.5. The van der Waals surface area contributed by atoms with Gasteiger partial charge < -0.3 is 23.7 Å². The third kappa shape index (κ3) is 10.4. The van der Waals surface area contributed by atoms with Crippen LogP contribution >= 0.6 is 11.3 Å². The molecule has 310 valence electrons. The summed E-state index contributed by atoms with van der Waals surface area (Å²) in [4.78, 5) is 2.39. The first-order valence-electron chi connectivity index (χ1n) is 21.4. The van der Waals surface area contributed by atoms with Crippen LogP contribution in [0.3, 0.4) is 0 Å². The lowest BCUT2D eigenvalue weighted by atomic mass is 9.87. The van der Waals surface area contributed by atoms with Gasteiger partial charge in [-0.15, -0.1) is 11.3 Å². The second-order valence-corrected chi connectivity index (χ2v) is 17.2. The molecule has 1 aliphatic heterocycles. The molecular formula is C54H51FO5S. The lowest BCUT2D eigenvalue weighted by Gasteiger charge is -2.46. The average molecular weight is 831 g/mol. The van der Waals surface area contributed by atoms with Crippen LogP contribution in [0.4, 0.5) is 4.39 Å². The summed E-state index contributed by atoms with van der Waals surface area (Å²) in [6.07, 6.45) is 1.49. The first-order valence-corrected chi connectivity index (χ1v) is 22.2. The van der Waals surface area contributed by atoms with Crippen molar-refractivity contribution in [1.29, 1.82) is 0 Å². The third-order valence-electron chi connectivity index (χ3n) is 11.7. The summed E-state index contributed by atoms with van der Waals surface area (Å²) in [5.74, 6) is -0.226. The van der Waals surface area contributed by atoms with Crippen LogP contribution in [0.15, 0.2) is 170 Å². The Balaban J connectivity index is 1.09. The zero-order chi connectivity index (χ0) is 41.2. The Morgan fingerprint density at radius 3 is 1.72 bits per heavy atom. The van der Waals surface area contributed by atoms with Gasteiger partial charge >= 0.3 is 0 Å². The van der Waals surface area contributed by atoms with Crippen LogP contribution in [0, 0.1) is 5.82 Å². The van der Waals surface area contributed by atoms with E-state index in [2.05, 4.69) is 72.8 Å². The summed E-state index contributed by atoms with van der Waals surface area (Å²) in [6, 6.07) is 56.9. The third-order valence-corrected chi connectivity index (χ3v) is 12.8. The Morgan fingerprint density at radius 2 is 1.11 bits per heavy atom. The number of halogens is 1. The smallest absolute Gasteiger partial charge is 0.123 e. The Hall–Kier alpha value is -5.25. The van der Waals surface area contributed by atoms with Crippen molar-refractivity contribution in [3.63, 3.8) is 0 Å². The Morgan fingerprint density at radius 1 is 0.557 bits per heavy atom. The summed E-state index contributed by atoms with van der Waals surface area (Å²) in [7, 11) is 0. The van der Waals surface area contributed by atoms with Crippen LogP contribution in [0.25, 0.3) is 10.4 Å². The summed E-state index contributed by atoms with van der Waals surface area (Å²) in [5, 5.41) is 0. The van der Waals surface area contributed by atoms with Gasteiger partial charge in [-0.2, -0.15) is 0 Å². The van der Waals surface area contributed by atoms with Gasteiger partial charge in [-0.25, -0.2) is 4.39 Å². The number of hydrogen-bond acceptors (Lipinski definition) is 6. The van der Waals surface area contributed by atoms with Gasteiger partial charge in [0.15, 0.2) is 0 Å². The van der Waals surface area contributed by atoms with E-state index in [1.54, 1.807) is 11.3 Å². The Labute approximate surface area is 362 Å². The van der Waals surface area contributed by atoms with E-state index in [4.69, 9.17) is 23.7 Å². The van der Waals surface area contributed by atoms with Gasteiger partial charge in [0.2, 0.25) is 0 Å². The van der Waals surface area contributed by atoms with Crippen molar-refractivity contribution in [2.75, 3.05) is 6.61 Å². The highest BCUT2D eigenvalue weighted by Crippen LogP contribution is 2.42. The van der Waals surface area contributed by atoms with Gasteiger partial charge in [-0.05, 0) is 93.6 Å². The molecule has 1 unspecified atom stereocenters. The zero-order valence-electron chi connectivity index (χ0n) is 34.2. The molecule has 1 aromatic heterocycles. The molecule has 0 radical (unpaired) electrons. The molecule has 1 aliphatic carbocycles. The minimum atomic E-state index is -0.519. The molecular weight excluding hydrogens is 780 g/mol. The van der Waals surface area contributed by atoms with E-state index in [1.807, 2.05) is 84.9 Å². The normalized spacial score (nSPS) is 19.8. The maximum Gasteiger partial charge on any atom is 0.123 e. The van der Waals surface area contributed by atoms with Crippen molar-refractivity contribution >= 4 is 11.3 Å². The molecule has 1 fully saturated rings. The predicted molar refractivity (Wildman–Crippen MR) is 240 cm³/mol. The van der Waals surface area contributed by atoms with E-state index in [-0.39, 0.29) is 5.82 Å². The molecule has 5 nitrogen and oxygen atoms in total. The van der Waals surface area contributed by atoms with Crippen LogP contribution in [-0.2, 0) is 69.4 Å². The highest BCUT2D eigenvalue weighted by molar-refractivity contribution is 7.15. The van der Waals surface area contributed by atoms with E-state index >= 15 is 0 Å². The van der Waals surface area contributed by atoms with Crippen LogP contribution in [-0.4, -0.2) is 31.0 Å². The largest absolute Gasteiger partial charge is 0.374 e. The minimum absolute atomic E-state index is 0.226. The van der Waals surface area contributed by atoms with Crippen molar-refractivity contribution in [3.05, 3.63) is 225 Å². The summed E-state index contributed by atoms with van der Waals surface area (Å²) >= 11 is 1.76. The van der Waals surface area contributed by atoms with Crippen molar-refractivity contribution in [2.45, 2.75) is 82.6 Å². The van der Waals surface area contributed by atoms with Crippen LogP contribution in [0.2, 0.25) is 0 Å². The molecule has 6 aromatic carbocycles. The molecule has 0 saturated carbocycles. The number of ether oxygens (including phenoxy) is 5. The fourth-order valence-electron chi connectivity index (χ4n) is 8.63. The first-order chi connectivity index (χ1) is 30.1. The number of aryl methyl sites for hydroxylation is 1. The fraction of sp³-hybridized carbons (Fsp3) is 0.259. The lowest BCUT2D eigenvalue weighted by molar-refractivity contribution is -0.275. The van der Waals surface area contributed by atoms with Crippen LogP contribution < -0.4 is 0 Å². The second-order valence-electron chi connectivity index (χ2n) is 16.0. The maximum atomic E-state index is 13.8. The second kappa shape index (κ2) is 20.1. The average Bonchev–Trinajstić information content (AvgIpc) is 3.99. The quantitative estimate of drug-likeness (QED) is 0.0915. The van der Waals surface area contributed by atoms with Gasteiger partial charge in [-0.3, -0.25) is 0 Å². The highest BCUT2D eigenvalue weighted by Gasteiger charge is 2.49. The van der Waals surface area contributed by atoms with Crippen LogP contribution in [0.5, 0.6) is 0 Å². The van der Waals surface area contributed by atoms with Crippen molar-refractivity contribution in [2.24, 2.45) is 0 Å². The van der Waals surface area contributed by atoms with Gasteiger partial charge in [0.1, 0.15) is 36.3 Å². The molecule has 5 atom stereocenters. The minimum Gasteiger partial charge on any atom is -0.374 e. The standard InChI is InChI=1S/C54H51FO5S/c55-46-26-24-42(25-27-46)50-29-28-47(61-50)32-44-31-45(30-43-22-13-23-48(43)44)51-53(58-35-40-18-9-3-10-19-40)54(59-36-41-20-11-4-12-21-41)52(57-34-39-16-7-2-8-17-39)49(60-51)37-56-33-38-14-5-1-6-15-38/h1-12,14-21,24-31,49,51-54H,13,22-23,32-37H2/t49-,51?,52-,53+,54+/m1/s1. The zero-order valence-corrected chi connectivity index (χ0v) is 35.1. The molecule has 2 heterocycles. The molecule has 61 heavy (non-hydrogen) atoms. The van der Waals surface area contributed by atoms with E-state index in [1.165, 1.54) is 33.7 Å².